The number of para-hydroxylation sites is 1. The van der Waals surface area contributed by atoms with Crippen molar-refractivity contribution < 1.29 is 9.66 Å². The number of rotatable bonds is 5. The molecule has 1 aromatic rings. The number of benzene rings is 1. The van der Waals surface area contributed by atoms with E-state index in [1.165, 1.54) is 0 Å². The Kier molecular flexibility index (Phi) is 4.29. The molecule has 2 aliphatic rings. The van der Waals surface area contributed by atoms with Crippen LogP contribution in [-0.4, -0.2) is 48.7 Å². The van der Waals surface area contributed by atoms with Crippen LogP contribution in [0.25, 0.3) is 0 Å². The zero-order chi connectivity index (χ0) is 15.5. The van der Waals surface area contributed by atoms with Gasteiger partial charge in [0.05, 0.1) is 11.5 Å². The third kappa shape index (κ3) is 2.78. The van der Waals surface area contributed by atoms with Crippen molar-refractivity contribution in [3.8, 4) is 5.75 Å². The minimum atomic E-state index is -0.328. The molecule has 0 aromatic heterocycles. The normalized spacial score (nSPS) is 21.5. The smallest absolute Gasteiger partial charge is 0.333 e. The average molecular weight is 303 g/mol. The highest BCUT2D eigenvalue weighted by molar-refractivity contribution is 5.70. The van der Waals surface area contributed by atoms with E-state index in [0.29, 0.717) is 24.1 Å². The Hall–Kier alpha value is -2.08. The number of hydrogen-bond donors (Lipinski definition) is 0. The van der Waals surface area contributed by atoms with Crippen LogP contribution >= 0.6 is 0 Å². The summed E-state index contributed by atoms with van der Waals surface area (Å²) in [5, 5.41) is 11.5. The highest BCUT2D eigenvalue weighted by atomic mass is 16.6. The molecule has 0 bridgehead atoms. The summed E-state index contributed by atoms with van der Waals surface area (Å²) in [6.45, 7) is 5.91. The summed E-state index contributed by atoms with van der Waals surface area (Å²) < 4.78 is 5.44. The maximum atomic E-state index is 11.5. The molecule has 1 fully saturated rings. The van der Waals surface area contributed by atoms with Crippen LogP contribution < -0.4 is 9.64 Å². The lowest BCUT2D eigenvalue weighted by atomic mass is 10.2. The topological polar surface area (TPSA) is 58.8 Å². The molecule has 0 spiro atoms. The largest absolute Gasteiger partial charge is 0.487 e. The van der Waals surface area contributed by atoms with Crippen molar-refractivity contribution in [3.63, 3.8) is 0 Å². The van der Waals surface area contributed by atoms with Crippen molar-refractivity contribution >= 4 is 11.4 Å². The summed E-state index contributed by atoms with van der Waals surface area (Å²) >= 11 is 0. The summed E-state index contributed by atoms with van der Waals surface area (Å²) in [4.78, 5) is 15.7. The second-order valence-electron chi connectivity index (χ2n) is 5.63. The summed E-state index contributed by atoms with van der Waals surface area (Å²) in [5.41, 5.74) is 0.759. The molecule has 22 heavy (non-hydrogen) atoms. The molecule has 2 aliphatic heterocycles. The second-order valence-corrected chi connectivity index (χ2v) is 5.63. The van der Waals surface area contributed by atoms with Gasteiger partial charge in [-0.1, -0.05) is 18.2 Å². The van der Waals surface area contributed by atoms with Gasteiger partial charge in [-0.15, -0.1) is 0 Å². The predicted octanol–water partition coefficient (Wildman–Crippen LogP) is 2.44. The van der Waals surface area contributed by atoms with E-state index in [1.54, 1.807) is 6.07 Å². The van der Waals surface area contributed by atoms with E-state index in [2.05, 4.69) is 22.0 Å². The van der Waals surface area contributed by atoms with Crippen LogP contribution in [0.3, 0.4) is 0 Å². The molecule has 0 amide bonds. The number of ether oxygens (including phenoxy) is 1. The van der Waals surface area contributed by atoms with Gasteiger partial charge < -0.3 is 9.64 Å². The van der Waals surface area contributed by atoms with Crippen molar-refractivity contribution in [2.75, 3.05) is 37.7 Å². The summed E-state index contributed by atoms with van der Waals surface area (Å²) in [7, 11) is 0. The lowest BCUT2D eigenvalue weighted by Crippen LogP contribution is -2.35. The maximum absolute atomic E-state index is 11.5. The highest BCUT2D eigenvalue weighted by Crippen LogP contribution is 2.39. The predicted molar refractivity (Wildman–Crippen MR) is 85.6 cm³/mol. The van der Waals surface area contributed by atoms with Gasteiger partial charge in [0.25, 0.3) is 0 Å². The van der Waals surface area contributed by atoms with Crippen molar-refractivity contribution in [2.45, 2.75) is 19.4 Å². The molecule has 2 heterocycles. The molecule has 0 N–H and O–H groups in total. The number of anilines is 1. The zero-order valence-electron chi connectivity index (χ0n) is 12.8. The van der Waals surface area contributed by atoms with Crippen molar-refractivity contribution in [1.29, 1.82) is 0 Å². The first kappa shape index (κ1) is 14.8. The summed E-state index contributed by atoms with van der Waals surface area (Å²) in [6.07, 6.45) is 5.40. The Bertz CT molecular complexity index is 580. The minimum absolute atomic E-state index is 0.0875. The fraction of sp³-hybridized carbons (Fsp3) is 0.500. The van der Waals surface area contributed by atoms with E-state index in [0.717, 1.165) is 32.6 Å². The quantitative estimate of drug-likeness (QED) is 0.475. The minimum Gasteiger partial charge on any atom is -0.487 e. The van der Waals surface area contributed by atoms with Gasteiger partial charge in [-0.25, -0.2) is 0 Å². The van der Waals surface area contributed by atoms with Gasteiger partial charge in [0.2, 0.25) is 0 Å². The van der Waals surface area contributed by atoms with Crippen LogP contribution in [0.15, 0.2) is 30.4 Å². The van der Waals surface area contributed by atoms with Crippen LogP contribution in [0.1, 0.15) is 13.3 Å². The summed E-state index contributed by atoms with van der Waals surface area (Å²) in [5.74, 6) is 0.358. The van der Waals surface area contributed by atoms with Gasteiger partial charge in [0.1, 0.15) is 5.69 Å². The monoisotopic (exact) mass is 303 g/mol. The van der Waals surface area contributed by atoms with Gasteiger partial charge in [-0.2, -0.15) is 0 Å². The molecule has 0 radical (unpaired) electrons. The molecule has 1 saturated heterocycles. The molecule has 118 valence electrons. The van der Waals surface area contributed by atoms with Gasteiger partial charge in [-0.3, -0.25) is 15.0 Å². The standard InChI is InChI=1S/C16H21N3O3/c1-2-22-15-7-5-6-14(16(15)19(20)21)18-11-8-13(12-18)17-9-3-4-10-17/h3-7,13H,2,8-12H2,1H3/t13-/m1/s1. The second kappa shape index (κ2) is 6.36. The summed E-state index contributed by atoms with van der Waals surface area (Å²) in [6, 6.07) is 5.79. The Morgan fingerprint density at radius 3 is 2.82 bits per heavy atom. The van der Waals surface area contributed by atoms with Crippen molar-refractivity contribution in [2.24, 2.45) is 0 Å². The van der Waals surface area contributed by atoms with Crippen LogP contribution in [0.2, 0.25) is 0 Å². The Balaban J connectivity index is 1.82. The lowest BCUT2D eigenvalue weighted by molar-refractivity contribution is -0.385. The molecule has 6 heteroatoms. The van der Waals surface area contributed by atoms with Gasteiger partial charge in [0, 0.05) is 32.2 Å². The number of hydrogen-bond acceptors (Lipinski definition) is 5. The van der Waals surface area contributed by atoms with Gasteiger partial charge in [0.15, 0.2) is 5.75 Å². The molecule has 0 saturated carbocycles. The third-order valence-corrected chi connectivity index (χ3v) is 4.33. The Labute approximate surface area is 130 Å². The maximum Gasteiger partial charge on any atom is 0.333 e. The molecule has 6 nitrogen and oxygen atoms in total. The molecule has 0 aliphatic carbocycles. The molecule has 1 atom stereocenters. The Morgan fingerprint density at radius 2 is 2.14 bits per heavy atom. The van der Waals surface area contributed by atoms with Crippen LogP contribution in [0, 0.1) is 10.1 Å². The van der Waals surface area contributed by atoms with E-state index in [4.69, 9.17) is 4.74 Å². The average Bonchev–Trinajstić information content (AvgIpc) is 3.18. The van der Waals surface area contributed by atoms with Crippen LogP contribution in [-0.2, 0) is 0 Å². The first-order valence-corrected chi connectivity index (χ1v) is 7.75. The van der Waals surface area contributed by atoms with E-state index < -0.39 is 0 Å². The zero-order valence-corrected chi connectivity index (χ0v) is 12.8. The van der Waals surface area contributed by atoms with E-state index >= 15 is 0 Å². The Morgan fingerprint density at radius 1 is 1.36 bits per heavy atom. The number of nitrogens with zero attached hydrogens (tertiary/aromatic N) is 3. The van der Waals surface area contributed by atoms with Gasteiger partial charge >= 0.3 is 5.69 Å². The SMILES string of the molecule is CCOc1cccc(N2CC[C@@H](N3CC=CC3)C2)c1[N+](=O)[O-]. The van der Waals surface area contributed by atoms with Crippen LogP contribution in [0.4, 0.5) is 11.4 Å². The van der Waals surface area contributed by atoms with Crippen molar-refractivity contribution in [3.05, 3.63) is 40.5 Å². The third-order valence-electron chi connectivity index (χ3n) is 4.33. The molecular formula is C16H21N3O3. The van der Waals surface area contributed by atoms with E-state index in [-0.39, 0.29) is 10.6 Å². The molecule has 1 aromatic carbocycles. The number of nitro benzene ring substituents is 1. The van der Waals surface area contributed by atoms with Crippen molar-refractivity contribution in [1.82, 2.24) is 4.90 Å². The van der Waals surface area contributed by atoms with E-state index in [1.807, 2.05) is 19.1 Å². The molecule has 0 unspecified atom stereocenters. The highest BCUT2D eigenvalue weighted by Gasteiger charge is 2.32. The van der Waals surface area contributed by atoms with E-state index in [9.17, 15) is 10.1 Å². The lowest BCUT2D eigenvalue weighted by Gasteiger charge is -2.24. The van der Waals surface area contributed by atoms with Gasteiger partial charge in [-0.05, 0) is 25.5 Å². The first-order chi connectivity index (χ1) is 10.7. The fourth-order valence-electron chi connectivity index (χ4n) is 3.27. The number of nitro groups is 1. The molecular weight excluding hydrogens is 282 g/mol. The van der Waals surface area contributed by atoms with Crippen LogP contribution in [0.5, 0.6) is 5.75 Å². The first-order valence-electron chi connectivity index (χ1n) is 7.75. The fourth-order valence-corrected chi connectivity index (χ4v) is 3.27. The molecule has 3 rings (SSSR count).